The summed E-state index contributed by atoms with van der Waals surface area (Å²) in [6, 6.07) is 5.68. The second kappa shape index (κ2) is 12.5. The van der Waals surface area contributed by atoms with E-state index in [1.165, 1.54) is 30.3 Å². The molecule has 192 valence electrons. The first kappa shape index (κ1) is 26.4. The van der Waals surface area contributed by atoms with Crippen molar-refractivity contribution in [2.75, 3.05) is 0 Å². The first-order valence-electron chi connectivity index (χ1n) is 11.5. The van der Waals surface area contributed by atoms with Gasteiger partial charge >= 0.3 is 12.0 Å². The van der Waals surface area contributed by atoms with Crippen molar-refractivity contribution in [3.05, 3.63) is 48.0 Å². The van der Waals surface area contributed by atoms with Crippen LogP contribution in [0.5, 0.6) is 0 Å². The van der Waals surface area contributed by atoms with E-state index in [-0.39, 0.29) is 17.4 Å². The van der Waals surface area contributed by atoms with Crippen LogP contribution < -0.4 is 21.8 Å². The number of nitrogens with zero attached hydrogens (tertiary/aromatic N) is 1. The summed E-state index contributed by atoms with van der Waals surface area (Å²) in [5.41, 5.74) is 7.33. The number of hydrogen-bond donors (Lipinski definition) is 5. The van der Waals surface area contributed by atoms with Crippen molar-refractivity contribution >= 4 is 30.0 Å². The molecule has 3 rings (SSSR count). The van der Waals surface area contributed by atoms with E-state index in [9.17, 15) is 23.6 Å². The molecule has 11 nitrogen and oxygen atoms in total. The molecule has 6 N–H and O–H groups in total. The quantitative estimate of drug-likeness (QED) is 0.233. The fraction of sp³-hybridized carbons (Fsp3) is 0.375. The van der Waals surface area contributed by atoms with Crippen LogP contribution >= 0.6 is 0 Å². The number of amides is 4. The number of aliphatic carboxylic acids is 1. The van der Waals surface area contributed by atoms with E-state index in [0.29, 0.717) is 12.0 Å². The van der Waals surface area contributed by atoms with E-state index in [0.717, 1.165) is 31.9 Å². The average molecular weight is 502 g/mol. The van der Waals surface area contributed by atoms with E-state index in [1.807, 2.05) is 5.43 Å². The third kappa shape index (κ3) is 7.93. The third-order valence-corrected chi connectivity index (χ3v) is 5.76. The third-order valence-electron chi connectivity index (χ3n) is 5.76. The number of carbonyl (C=O) groups excluding carboxylic acids is 3. The van der Waals surface area contributed by atoms with Crippen molar-refractivity contribution in [3.63, 3.8) is 0 Å². The van der Waals surface area contributed by atoms with Crippen LogP contribution in [0.25, 0.3) is 11.3 Å². The smallest absolute Gasteiger partial charge is 0.332 e. The second-order valence-corrected chi connectivity index (χ2v) is 8.55. The number of carboxylic acids is 1. The van der Waals surface area contributed by atoms with Crippen molar-refractivity contribution in [1.82, 2.24) is 16.1 Å². The van der Waals surface area contributed by atoms with Gasteiger partial charge in [-0.05, 0) is 36.6 Å². The van der Waals surface area contributed by atoms with Gasteiger partial charge in [0.25, 0.3) is 5.91 Å². The molecular weight excluding hydrogens is 473 g/mol. The number of nitrogens with two attached hydrogens (primary N) is 1. The van der Waals surface area contributed by atoms with Gasteiger partial charge in [-0.1, -0.05) is 37.8 Å². The molecule has 1 aliphatic rings. The van der Waals surface area contributed by atoms with Gasteiger partial charge in [0, 0.05) is 11.8 Å². The van der Waals surface area contributed by atoms with Crippen LogP contribution in [-0.4, -0.2) is 47.2 Å². The molecule has 12 heteroatoms. The summed E-state index contributed by atoms with van der Waals surface area (Å²) in [5.74, 6) is -2.47. The normalized spacial score (nSPS) is 15.4. The molecule has 2 aromatic rings. The fourth-order valence-corrected chi connectivity index (χ4v) is 4.10. The van der Waals surface area contributed by atoms with Crippen molar-refractivity contribution < 1.29 is 33.1 Å². The summed E-state index contributed by atoms with van der Waals surface area (Å²) in [5, 5.41) is 17.9. The molecule has 1 aromatic carbocycles. The minimum absolute atomic E-state index is 0.0622. The Bertz CT molecular complexity index is 1130. The molecular formula is C24H28FN5O6. The lowest BCUT2D eigenvalue weighted by atomic mass is 9.97. The average Bonchev–Trinajstić information content (AvgIpc) is 3.50. The molecule has 0 unspecified atom stereocenters. The monoisotopic (exact) mass is 501 g/mol. The topological polar surface area (TPSA) is 176 Å². The molecule has 1 aliphatic carbocycles. The molecule has 0 aliphatic heterocycles. The summed E-state index contributed by atoms with van der Waals surface area (Å²) < 4.78 is 19.1. The van der Waals surface area contributed by atoms with Crippen LogP contribution in [0.4, 0.5) is 9.18 Å². The van der Waals surface area contributed by atoms with Gasteiger partial charge in [-0.25, -0.2) is 14.6 Å². The highest BCUT2D eigenvalue weighted by Crippen LogP contribution is 2.29. The number of halogens is 1. The van der Waals surface area contributed by atoms with E-state index in [2.05, 4.69) is 15.7 Å². The van der Waals surface area contributed by atoms with Gasteiger partial charge < -0.3 is 25.9 Å². The zero-order chi connectivity index (χ0) is 26.1. The van der Waals surface area contributed by atoms with Crippen LogP contribution in [0.1, 0.15) is 49.1 Å². The summed E-state index contributed by atoms with van der Waals surface area (Å²) in [6.45, 7) is 0. The molecule has 1 fully saturated rings. The second-order valence-electron chi connectivity index (χ2n) is 8.55. The molecule has 0 saturated heterocycles. The number of urea groups is 1. The lowest BCUT2D eigenvalue weighted by Gasteiger charge is -2.23. The molecule has 1 heterocycles. The van der Waals surface area contributed by atoms with E-state index in [1.54, 1.807) is 6.07 Å². The Balaban J connectivity index is 1.73. The molecule has 0 radical (unpaired) electrons. The molecule has 4 amide bonds. The van der Waals surface area contributed by atoms with Gasteiger partial charge in [-0.3, -0.25) is 14.4 Å². The molecule has 36 heavy (non-hydrogen) atoms. The number of hydrogen-bond acceptors (Lipinski definition) is 6. The van der Waals surface area contributed by atoms with Gasteiger partial charge in [0.15, 0.2) is 5.76 Å². The van der Waals surface area contributed by atoms with Crippen molar-refractivity contribution in [1.29, 1.82) is 0 Å². The Hall–Kier alpha value is -4.22. The molecule has 1 saturated carbocycles. The number of benzene rings is 1. The van der Waals surface area contributed by atoms with Crippen LogP contribution in [0.15, 0.2) is 45.9 Å². The van der Waals surface area contributed by atoms with Crippen LogP contribution in [-0.2, 0) is 9.59 Å². The largest absolute Gasteiger partial charge is 0.481 e. The molecule has 2 atom stereocenters. The highest BCUT2D eigenvalue weighted by molar-refractivity contribution is 5.96. The Labute approximate surface area is 206 Å². The standard InChI is InChI=1S/C24H28FN5O6/c25-16-7-3-6-15(11-16)19-8-9-20(36-19)23(34)29-18(10-14-4-1-2-5-14)22(33)28-17(12-21(31)32)13-27-30-24(26)35/h3,6-9,11,13-14,17-18H,1-2,4-5,10,12H2,(H,28,33)(H,29,34)(H,31,32)(H3,26,30,35)/b27-13+/t17-,18-/m0/s1. The van der Waals surface area contributed by atoms with Gasteiger partial charge in [0.2, 0.25) is 5.91 Å². The molecule has 0 spiro atoms. The maximum atomic E-state index is 13.5. The first-order valence-corrected chi connectivity index (χ1v) is 11.5. The highest BCUT2D eigenvalue weighted by atomic mass is 19.1. The molecule has 1 aromatic heterocycles. The maximum Gasteiger partial charge on any atom is 0.332 e. The van der Waals surface area contributed by atoms with Gasteiger partial charge in [-0.15, -0.1) is 0 Å². The van der Waals surface area contributed by atoms with Crippen LogP contribution in [0.3, 0.4) is 0 Å². The Morgan fingerprint density at radius 3 is 2.58 bits per heavy atom. The number of rotatable bonds is 11. The minimum Gasteiger partial charge on any atom is -0.481 e. The predicted octanol–water partition coefficient (Wildman–Crippen LogP) is 2.38. The van der Waals surface area contributed by atoms with E-state index >= 15 is 0 Å². The SMILES string of the molecule is NC(=O)N/N=C/[C@H](CC(=O)O)NC(=O)[C@H](CC1CCCC1)NC(=O)c1ccc(-c2cccc(F)c2)o1. The number of hydrazone groups is 1. The number of furan rings is 1. The molecule has 0 bridgehead atoms. The summed E-state index contributed by atoms with van der Waals surface area (Å²) in [6.07, 6.45) is 4.76. The number of nitrogens with one attached hydrogen (secondary N) is 3. The minimum atomic E-state index is -1.21. The van der Waals surface area contributed by atoms with Crippen molar-refractivity contribution in [2.24, 2.45) is 16.8 Å². The zero-order valence-electron chi connectivity index (χ0n) is 19.4. The van der Waals surface area contributed by atoms with Gasteiger partial charge in [-0.2, -0.15) is 5.10 Å². The Kier molecular flexibility index (Phi) is 9.14. The lowest BCUT2D eigenvalue weighted by molar-refractivity contribution is -0.137. The van der Waals surface area contributed by atoms with Gasteiger partial charge in [0.05, 0.1) is 12.5 Å². The van der Waals surface area contributed by atoms with Crippen molar-refractivity contribution in [2.45, 2.75) is 50.6 Å². The zero-order valence-corrected chi connectivity index (χ0v) is 19.4. The predicted molar refractivity (Wildman–Crippen MR) is 127 cm³/mol. The summed E-state index contributed by atoms with van der Waals surface area (Å²) in [7, 11) is 0. The van der Waals surface area contributed by atoms with E-state index < -0.39 is 48.1 Å². The highest BCUT2D eigenvalue weighted by Gasteiger charge is 2.29. The van der Waals surface area contributed by atoms with Crippen molar-refractivity contribution in [3.8, 4) is 11.3 Å². The number of carbonyl (C=O) groups is 4. The number of carboxylic acid groups (broad SMARTS) is 1. The van der Waals surface area contributed by atoms with Crippen LogP contribution in [0.2, 0.25) is 0 Å². The van der Waals surface area contributed by atoms with Gasteiger partial charge in [0.1, 0.15) is 17.6 Å². The number of primary amides is 1. The Morgan fingerprint density at radius 2 is 1.92 bits per heavy atom. The summed E-state index contributed by atoms with van der Waals surface area (Å²) >= 11 is 0. The lowest BCUT2D eigenvalue weighted by Crippen LogP contribution is -2.51. The Morgan fingerprint density at radius 1 is 1.17 bits per heavy atom. The van der Waals surface area contributed by atoms with E-state index in [4.69, 9.17) is 15.3 Å². The fourth-order valence-electron chi connectivity index (χ4n) is 4.10. The van der Waals surface area contributed by atoms with Crippen LogP contribution in [0, 0.1) is 11.7 Å². The summed E-state index contributed by atoms with van der Waals surface area (Å²) in [4.78, 5) is 48.0. The maximum absolute atomic E-state index is 13.5. The first-order chi connectivity index (χ1) is 17.2.